The number of benzene rings is 1. The number of esters is 1. The molecule has 0 amide bonds. The molecule has 8 heteroatoms. The third-order valence-electron chi connectivity index (χ3n) is 4.79. The van der Waals surface area contributed by atoms with Crippen molar-refractivity contribution in [3.05, 3.63) is 23.8 Å². The summed E-state index contributed by atoms with van der Waals surface area (Å²) >= 11 is 0. The number of ether oxygens (including phenoxy) is 3. The minimum Gasteiger partial charge on any atom is -0.493 e. The van der Waals surface area contributed by atoms with Gasteiger partial charge in [-0.15, -0.1) is 0 Å². The predicted molar refractivity (Wildman–Crippen MR) is 98.7 cm³/mol. The van der Waals surface area contributed by atoms with Crippen molar-refractivity contribution in [3.63, 3.8) is 0 Å². The maximum atomic E-state index is 12.6. The van der Waals surface area contributed by atoms with Gasteiger partial charge in [0.1, 0.15) is 0 Å². The van der Waals surface area contributed by atoms with E-state index < -0.39 is 24.6 Å². The topological polar surface area (TPSA) is 102 Å². The SMILES string of the molecule is CCOC(=O)C(CC)(C(CC)Cc1ccc(OC)c(OC)c1)P(=O)(O)O. The van der Waals surface area contributed by atoms with Gasteiger partial charge < -0.3 is 24.0 Å². The van der Waals surface area contributed by atoms with E-state index in [4.69, 9.17) is 14.2 Å². The number of carbonyl (C=O) groups excluding carboxylic acids is 1. The molecule has 0 aliphatic carbocycles. The molecular weight excluding hydrogens is 359 g/mol. The van der Waals surface area contributed by atoms with Crippen molar-refractivity contribution in [2.45, 2.75) is 45.2 Å². The lowest BCUT2D eigenvalue weighted by Crippen LogP contribution is -2.47. The minimum absolute atomic E-state index is 0.0120. The van der Waals surface area contributed by atoms with Crippen LogP contribution in [0.25, 0.3) is 0 Å². The molecule has 7 nitrogen and oxygen atoms in total. The average Bonchev–Trinajstić information content (AvgIpc) is 2.60. The molecule has 2 atom stereocenters. The molecule has 1 aromatic rings. The summed E-state index contributed by atoms with van der Waals surface area (Å²) in [5, 5.41) is -1.87. The zero-order chi connectivity index (χ0) is 20.0. The van der Waals surface area contributed by atoms with E-state index in [0.29, 0.717) is 24.3 Å². The first-order chi connectivity index (χ1) is 12.2. The van der Waals surface area contributed by atoms with Crippen LogP contribution in [0.4, 0.5) is 0 Å². The minimum atomic E-state index is -4.77. The molecule has 0 aliphatic heterocycles. The summed E-state index contributed by atoms with van der Waals surface area (Å²) < 4.78 is 27.9. The molecule has 0 fully saturated rings. The number of methoxy groups -OCH3 is 2. The van der Waals surface area contributed by atoms with Crippen LogP contribution in [0.15, 0.2) is 18.2 Å². The molecule has 2 N–H and O–H groups in total. The maximum Gasteiger partial charge on any atom is 0.343 e. The molecule has 0 saturated carbocycles. The quantitative estimate of drug-likeness (QED) is 0.469. The number of carbonyl (C=O) groups is 1. The third kappa shape index (κ3) is 4.40. The van der Waals surface area contributed by atoms with Gasteiger partial charge >= 0.3 is 13.6 Å². The molecule has 1 rings (SSSR count). The Bertz CT molecular complexity index is 655. The van der Waals surface area contributed by atoms with E-state index in [2.05, 4.69) is 0 Å². The fourth-order valence-electron chi connectivity index (χ4n) is 3.36. The molecule has 0 aliphatic rings. The fraction of sp³-hybridized carbons (Fsp3) is 0.611. The van der Waals surface area contributed by atoms with Crippen LogP contribution in [-0.2, 0) is 20.5 Å². The van der Waals surface area contributed by atoms with Gasteiger partial charge in [0, 0.05) is 0 Å². The average molecular weight is 388 g/mol. The lowest BCUT2D eigenvalue weighted by atomic mass is 9.82. The summed E-state index contributed by atoms with van der Waals surface area (Å²) in [7, 11) is -1.72. The van der Waals surface area contributed by atoms with E-state index in [1.54, 1.807) is 32.0 Å². The van der Waals surface area contributed by atoms with Gasteiger partial charge in [-0.3, -0.25) is 9.36 Å². The molecular formula is C18H29O7P. The van der Waals surface area contributed by atoms with Gasteiger partial charge in [0.15, 0.2) is 16.7 Å². The van der Waals surface area contributed by atoms with E-state index in [-0.39, 0.29) is 13.0 Å². The van der Waals surface area contributed by atoms with Gasteiger partial charge in [0.2, 0.25) is 0 Å². The van der Waals surface area contributed by atoms with Crippen LogP contribution in [0.5, 0.6) is 11.5 Å². The Balaban J connectivity index is 3.35. The van der Waals surface area contributed by atoms with Crippen molar-refractivity contribution >= 4 is 13.6 Å². The lowest BCUT2D eigenvalue weighted by Gasteiger charge is -2.37. The highest BCUT2D eigenvalue weighted by Crippen LogP contribution is 2.58. The smallest absolute Gasteiger partial charge is 0.343 e. The second-order valence-corrected chi connectivity index (χ2v) is 7.93. The zero-order valence-electron chi connectivity index (χ0n) is 16.0. The molecule has 26 heavy (non-hydrogen) atoms. The van der Waals surface area contributed by atoms with Gasteiger partial charge in [-0.25, -0.2) is 0 Å². The number of rotatable bonds is 10. The predicted octanol–water partition coefficient (Wildman–Crippen LogP) is 3.16. The molecule has 0 radical (unpaired) electrons. The maximum absolute atomic E-state index is 12.6. The Kier molecular flexibility index (Phi) is 8.13. The van der Waals surface area contributed by atoms with Crippen LogP contribution in [0.1, 0.15) is 39.2 Å². The Labute approximate surface area is 154 Å². The molecule has 0 aromatic heterocycles. The monoisotopic (exact) mass is 388 g/mol. The summed E-state index contributed by atoms with van der Waals surface area (Å²) in [6, 6.07) is 5.29. The van der Waals surface area contributed by atoms with Crippen molar-refractivity contribution in [2.75, 3.05) is 20.8 Å². The van der Waals surface area contributed by atoms with E-state index in [1.165, 1.54) is 14.2 Å². The largest absolute Gasteiger partial charge is 0.493 e. The van der Waals surface area contributed by atoms with Gasteiger partial charge in [-0.2, -0.15) is 0 Å². The first kappa shape index (κ1) is 22.5. The second-order valence-electron chi connectivity index (χ2n) is 6.04. The van der Waals surface area contributed by atoms with Crippen molar-refractivity contribution in [2.24, 2.45) is 5.92 Å². The molecule has 0 heterocycles. The Morgan fingerprint density at radius 1 is 1.15 bits per heavy atom. The van der Waals surface area contributed by atoms with Crippen LogP contribution >= 0.6 is 7.60 Å². The summed E-state index contributed by atoms with van der Waals surface area (Å²) in [6.07, 6.45) is 0.697. The second kappa shape index (κ2) is 9.40. The van der Waals surface area contributed by atoms with Gasteiger partial charge in [0.05, 0.1) is 20.8 Å². The molecule has 0 spiro atoms. The summed E-state index contributed by atoms with van der Waals surface area (Å²) in [6.45, 7) is 5.10. The Morgan fingerprint density at radius 3 is 2.19 bits per heavy atom. The first-order valence-corrected chi connectivity index (χ1v) is 10.3. The normalized spacial score (nSPS) is 15.0. The van der Waals surface area contributed by atoms with Crippen LogP contribution in [0.3, 0.4) is 0 Å². The molecule has 0 saturated heterocycles. The van der Waals surface area contributed by atoms with Gasteiger partial charge in [-0.1, -0.05) is 26.3 Å². The highest BCUT2D eigenvalue weighted by atomic mass is 31.2. The van der Waals surface area contributed by atoms with Crippen molar-refractivity contribution in [3.8, 4) is 11.5 Å². The first-order valence-electron chi connectivity index (χ1n) is 8.65. The van der Waals surface area contributed by atoms with Gasteiger partial charge in [0.25, 0.3) is 0 Å². The Hall–Kier alpha value is -1.56. The lowest BCUT2D eigenvalue weighted by molar-refractivity contribution is -0.149. The standard InChI is InChI=1S/C18H29O7P/c1-6-14(11-13-9-10-15(23-4)16(12-13)24-5)18(7-2,26(20,21)22)17(19)25-8-3/h9-10,12,14H,6-8,11H2,1-5H3,(H2,20,21,22). The highest BCUT2D eigenvalue weighted by molar-refractivity contribution is 7.54. The van der Waals surface area contributed by atoms with E-state index >= 15 is 0 Å². The van der Waals surface area contributed by atoms with Crippen molar-refractivity contribution in [1.29, 1.82) is 0 Å². The highest BCUT2D eigenvalue weighted by Gasteiger charge is 2.57. The molecule has 0 bridgehead atoms. The van der Waals surface area contributed by atoms with E-state index in [1.807, 2.05) is 6.92 Å². The third-order valence-corrected chi connectivity index (χ3v) is 6.69. The van der Waals surface area contributed by atoms with Crippen molar-refractivity contribution in [1.82, 2.24) is 0 Å². The Morgan fingerprint density at radius 2 is 1.77 bits per heavy atom. The fourth-order valence-corrected chi connectivity index (χ4v) is 4.83. The van der Waals surface area contributed by atoms with E-state index in [0.717, 1.165) is 5.56 Å². The number of hydrogen-bond donors (Lipinski definition) is 2. The van der Waals surface area contributed by atoms with Crippen molar-refractivity contribution < 1.29 is 33.4 Å². The van der Waals surface area contributed by atoms with Crippen LogP contribution in [0.2, 0.25) is 0 Å². The zero-order valence-corrected chi connectivity index (χ0v) is 16.9. The summed E-state index contributed by atoms with van der Waals surface area (Å²) in [5.74, 6) is -0.352. The van der Waals surface area contributed by atoms with Crippen LogP contribution < -0.4 is 9.47 Å². The van der Waals surface area contributed by atoms with E-state index in [9.17, 15) is 19.1 Å². The molecule has 2 unspecified atom stereocenters. The van der Waals surface area contributed by atoms with Crippen LogP contribution in [0, 0.1) is 5.92 Å². The summed E-state index contributed by atoms with van der Waals surface area (Å²) in [5.41, 5.74) is 0.796. The summed E-state index contributed by atoms with van der Waals surface area (Å²) in [4.78, 5) is 32.7. The molecule has 1 aromatic carbocycles. The van der Waals surface area contributed by atoms with Gasteiger partial charge in [-0.05, 0) is 43.4 Å². The molecule has 148 valence electrons. The van der Waals surface area contributed by atoms with Crippen LogP contribution in [-0.4, -0.2) is 41.7 Å². The number of hydrogen-bond acceptors (Lipinski definition) is 5.